The van der Waals surface area contributed by atoms with Crippen molar-refractivity contribution in [3.8, 4) is 5.19 Å². The van der Waals surface area contributed by atoms with E-state index in [9.17, 15) is 0 Å². The summed E-state index contributed by atoms with van der Waals surface area (Å²) in [5, 5.41) is 12.9. The molecular weight excluding hydrogens is 266 g/mol. The summed E-state index contributed by atoms with van der Waals surface area (Å²) in [7, 11) is 1.69. The molecule has 2 heterocycles. The van der Waals surface area contributed by atoms with Gasteiger partial charge in [0.15, 0.2) is 0 Å². The first-order valence-electron chi connectivity index (χ1n) is 6.65. The van der Waals surface area contributed by atoms with Gasteiger partial charge in [0.25, 0.3) is 5.19 Å². The molecule has 1 saturated heterocycles. The average Bonchev–Trinajstić information content (AvgIpc) is 2.91. The van der Waals surface area contributed by atoms with Gasteiger partial charge in [0, 0.05) is 26.8 Å². The fourth-order valence-corrected chi connectivity index (χ4v) is 2.51. The van der Waals surface area contributed by atoms with Gasteiger partial charge in [-0.2, -0.15) is 0 Å². The number of methoxy groups -OCH3 is 1. The fraction of sp³-hybridized carbons (Fsp3) is 0.833. The highest BCUT2D eigenvalue weighted by Gasteiger charge is 2.15. The lowest BCUT2D eigenvalue weighted by Crippen LogP contribution is -2.25. The molecule has 1 aliphatic heterocycles. The Kier molecular flexibility index (Phi) is 6.49. The van der Waals surface area contributed by atoms with E-state index in [1.807, 2.05) is 0 Å². The van der Waals surface area contributed by atoms with Crippen LogP contribution in [0.15, 0.2) is 0 Å². The predicted octanol–water partition coefficient (Wildman–Crippen LogP) is 1.22. The van der Waals surface area contributed by atoms with Crippen molar-refractivity contribution >= 4 is 11.3 Å². The SMILES string of the molecule is COCCNCc1nnc(OCC2CCCCO2)s1. The van der Waals surface area contributed by atoms with Gasteiger partial charge in [0.1, 0.15) is 11.6 Å². The number of aromatic nitrogens is 2. The Balaban J connectivity index is 1.65. The molecule has 0 saturated carbocycles. The van der Waals surface area contributed by atoms with E-state index in [0.717, 1.165) is 31.0 Å². The standard InChI is InChI=1S/C12H21N3O3S/c1-16-7-5-13-8-11-14-15-12(19-11)18-9-10-4-2-3-6-17-10/h10,13H,2-9H2,1H3. The van der Waals surface area contributed by atoms with Crippen molar-refractivity contribution < 1.29 is 14.2 Å². The molecule has 108 valence electrons. The molecule has 0 spiro atoms. The summed E-state index contributed by atoms with van der Waals surface area (Å²) in [5.74, 6) is 0. The Hall–Kier alpha value is -0.760. The minimum Gasteiger partial charge on any atom is -0.466 e. The number of nitrogens with one attached hydrogen (secondary N) is 1. The van der Waals surface area contributed by atoms with Crippen LogP contribution in [0, 0.1) is 0 Å². The molecule has 1 aromatic rings. The van der Waals surface area contributed by atoms with Crippen LogP contribution < -0.4 is 10.1 Å². The number of rotatable bonds is 8. The maximum absolute atomic E-state index is 5.62. The topological polar surface area (TPSA) is 65.5 Å². The second-order valence-corrected chi connectivity index (χ2v) is 5.46. The van der Waals surface area contributed by atoms with Crippen LogP contribution >= 0.6 is 11.3 Å². The Morgan fingerprint density at radius 1 is 1.42 bits per heavy atom. The van der Waals surface area contributed by atoms with Gasteiger partial charge in [-0.25, -0.2) is 0 Å². The Bertz CT molecular complexity index is 356. The van der Waals surface area contributed by atoms with Crippen molar-refractivity contribution in [3.63, 3.8) is 0 Å². The van der Waals surface area contributed by atoms with Crippen LogP contribution in [0.25, 0.3) is 0 Å². The van der Waals surface area contributed by atoms with Gasteiger partial charge in [-0.15, -0.1) is 10.2 Å². The Morgan fingerprint density at radius 2 is 2.37 bits per heavy atom. The molecule has 19 heavy (non-hydrogen) atoms. The monoisotopic (exact) mass is 287 g/mol. The lowest BCUT2D eigenvalue weighted by Gasteiger charge is -2.21. The molecule has 0 amide bonds. The van der Waals surface area contributed by atoms with Crippen LogP contribution in [0.2, 0.25) is 0 Å². The highest BCUT2D eigenvalue weighted by Crippen LogP contribution is 2.19. The van der Waals surface area contributed by atoms with Crippen molar-refractivity contribution in [1.29, 1.82) is 0 Å². The van der Waals surface area contributed by atoms with Gasteiger partial charge in [-0.05, 0) is 19.3 Å². The average molecular weight is 287 g/mol. The van der Waals surface area contributed by atoms with Crippen LogP contribution in [0.3, 0.4) is 0 Å². The summed E-state index contributed by atoms with van der Waals surface area (Å²) < 4.78 is 16.2. The van der Waals surface area contributed by atoms with Gasteiger partial charge in [-0.1, -0.05) is 11.3 Å². The molecule has 1 aliphatic rings. The molecule has 0 aliphatic carbocycles. The van der Waals surface area contributed by atoms with Crippen LogP contribution in [0.5, 0.6) is 5.19 Å². The third kappa shape index (κ3) is 5.40. The van der Waals surface area contributed by atoms with Gasteiger partial charge >= 0.3 is 0 Å². The predicted molar refractivity (Wildman–Crippen MR) is 72.6 cm³/mol. The van der Waals surface area contributed by atoms with Gasteiger partial charge < -0.3 is 19.5 Å². The number of nitrogens with zero attached hydrogens (tertiary/aromatic N) is 2. The zero-order valence-electron chi connectivity index (χ0n) is 11.3. The first-order chi connectivity index (χ1) is 9.38. The molecule has 1 N–H and O–H groups in total. The van der Waals surface area contributed by atoms with E-state index in [0.29, 0.717) is 25.0 Å². The summed E-state index contributed by atoms with van der Waals surface area (Å²) in [6, 6.07) is 0. The molecule has 1 fully saturated rings. The zero-order chi connectivity index (χ0) is 13.3. The lowest BCUT2D eigenvalue weighted by atomic mass is 10.1. The van der Waals surface area contributed by atoms with Gasteiger partial charge in [-0.3, -0.25) is 0 Å². The lowest BCUT2D eigenvalue weighted by molar-refractivity contribution is -0.0112. The first kappa shape index (κ1) is 14.6. The minimum absolute atomic E-state index is 0.209. The number of hydrogen-bond acceptors (Lipinski definition) is 7. The maximum Gasteiger partial charge on any atom is 0.294 e. The third-order valence-electron chi connectivity index (χ3n) is 2.87. The van der Waals surface area contributed by atoms with Crippen molar-refractivity contribution in [2.45, 2.75) is 31.9 Å². The van der Waals surface area contributed by atoms with Crippen molar-refractivity contribution in [1.82, 2.24) is 15.5 Å². The molecule has 1 unspecified atom stereocenters. The fourth-order valence-electron chi connectivity index (χ4n) is 1.84. The van der Waals surface area contributed by atoms with Crippen LogP contribution in [-0.2, 0) is 16.0 Å². The Labute approximate surface area is 117 Å². The van der Waals surface area contributed by atoms with E-state index in [1.165, 1.54) is 17.8 Å². The van der Waals surface area contributed by atoms with Crippen LogP contribution in [-0.4, -0.2) is 49.8 Å². The molecule has 7 heteroatoms. The normalized spacial score (nSPS) is 19.5. The molecule has 1 atom stereocenters. The van der Waals surface area contributed by atoms with E-state index in [2.05, 4.69) is 15.5 Å². The largest absolute Gasteiger partial charge is 0.466 e. The third-order valence-corrected chi connectivity index (χ3v) is 3.71. The summed E-state index contributed by atoms with van der Waals surface area (Å²) in [6.45, 7) is 3.62. The van der Waals surface area contributed by atoms with E-state index in [1.54, 1.807) is 7.11 Å². The van der Waals surface area contributed by atoms with Gasteiger partial charge in [0.05, 0.1) is 12.7 Å². The molecule has 0 radical (unpaired) electrons. The summed E-state index contributed by atoms with van der Waals surface area (Å²) in [6.07, 6.45) is 3.66. The van der Waals surface area contributed by atoms with E-state index in [-0.39, 0.29) is 6.10 Å². The zero-order valence-corrected chi connectivity index (χ0v) is 12.1. The summed E-state index contributed by atoms with van der Waals surface area (Å²) >= 11 is 1.48. The highest BCUT2D eigenvalue weighted by molar-refractivity contribution is 7.13. The quantitative estimate of drug-likeness (QED) is 0.725. The summed E-state index contributed by atoms with van der Waals surface area (Å²) in [5.41, 5.74) is 0. The molecule has 2 rings (SSSR count). The minimum atomic E-state index is 0.209. The van der Waals surface area contributed by atoms with E-state index >= 15 is 0 Å². The number of hydrogen-bond donors (Lipinski definition) is 1. The number of ether oxygens (including phenoxy) is 3. The van der Waals surface area contributed by atoms with Crippen LogP contribution in [0.4, 0.5) is 0 Å². The van der Waals surface area contributed by atoms with Gasteiger partial charge in [0.2, 0.25) is 0 Å². The van der Waals surface area contributed by atoms with E-state index in [4.69, 9.17) is 14.2 Å². The summed E-state index contributed by atoms with van der Waals surface area (Å²) in [4.78, 5) is 0. The Morgan fingerprint density at radius 3 is 3.16 bits per heavy atom. The van der Waals surface area contributed by atoms with Crippen molar-refractivity contribution in [2.75, 3.05) is 33.5 Å². The molecule has 0 aromatic carbocycles. The van der Waals surface area contributed by atoms with E-state index < -0.39 is 0 Å². The van der Waals surface area contributed by atoms with Crippen molar-refractivity contribution in [3.05, 3.63) is 5.01 Å². The molecule has 6 nitrogen and oxygen atoms in total. The maximum atomic E-state index is 5.62. The second-order valence-electron chi connectivity index (χ2n) is 4.43. The highest BCUT2D eigenvalue weighted by atomic mass is 32.1. The molecule has 1 aromatic heterocycles. The smallest absolute Gasteiger partial charge is 0.294 e. The molecule has 0 bridgehead atoms. The van der Waals surface area contributed by atoms with Crippen molar-refractivity contribution in [2.24, 2.45) is 0 Å². The second kappa shape index (κ2) is 8.42. The molecular formula is C12H21N3O3S. The van der Waals surface area contributed by atoms with Crippen LogP contribution in [0.1, 0.15) is 24.3 Å². The first-order valence-corrected chi connectivity index (χ1v) is 7.46.